The highest BCUT2D eigenvalue weighted by atomic mass is 15.4. The maximum absolute atomic E-state index is 4.49. The number of nitrogens with one attached hydrogen (secondary N) is 1. The summed E-state index contributed by atoms with van der Waals surface area (Å²) in [6, 6.07) is 2.53. The summed E-state index contributed by atoms with van der Waals surface area (Å²) < 4.78 is 2.04. The monoisotopic (exact) mass is 195 g/mol. The molecule has 1 heterocycles. The van der Waals surface area contributed by atoms with Gasteiger partial charge in [-0.2, -0.15) is 5.10 Å². The van der Waals surface area contributed by atoms with Gasteiger partial charge < -0.3 is 5.32 Å². The third-order valence-corrected chi connectivity index (χ3v) is 1.90. The lowest BCUT2D eigenvalue weighted by atomic mass is 10.1. The highest BCUT2D eigenvalue weighted by Crippen LogP contribution is 2.21. The number of nitrogens with zero attached hydrogens (tertiary/aromatic N) is 2. The van der Waals surface area contributed by atoms with Crippen molar-refractivity contribution in [2.45, 2.75) is 53.1 Å². The number of aromatic nitrogens is 2. The van der Waals surface area contributed by atoms with Crippen LogP contribution < -0.4 is 5.32 Å². The van der Waals surface area contributed by atoms with E-state index in [0.29, 0.717) is 6.04 Å². The van der Waals surface area contributed by atoms with E-state index in [1.807, 2.05) is 11.6 Å². The Hall–Kier alpha value is -0.990. The van der Waals surface area contributed by atoms with Crippen molar-refractivity contribution in [2.24, 2.45) is 0 Å². The third kappa shape index (κ3) is 2.50. The Morgan fingerprint density at radius 2 is 1.93 bits per heavy atom. The summed E-state index contributed by atoms with van der Waals surface area (Å²) in [6.07, 6.45) is 0. The minimum absolute atomic E-state index is 0.0332. The van der Waals surface area contributed by atoms with Crippen molar-refractivity contribution in [2.75, 3.05) is 5.32 Å². The first-order valence-corrected chi connectivity index (χ1v) is 5.14. The van der Waals surface area contributed by atoms with Gasteiger partial charge in [-0.3, -0.25) is 0 Å². The first-order chi connectivity index (χ1) is 6.30. The Morgan fingerprint density at radius 1 is 1.36 bits per heavy atom. The van der Waals surface area contributed by atoms with Crippen molar-refractivity contribution in [1.82, 2.24) is 9.78 Å². The van der Waals surface area contributed by atoms with Crippen LogP contribution in [0, 0.1) is 6.92 Å². The Morgan fingerprint density at radius 3 is 2.36 bits per heavy atom. The van der Waals surface area contributed by atoms with Crippen LogP contribution in [0.25, 0.3) is 0 Å². The standard InChI is InChI=1S/C11H21N3/c1-8(2)12-10-7-9(3)13-14(10)11(4,5)6/h7-8,12H,1-6H3. The molecule has 0 spiro atoms. The topological polar surface area (TPSA) is 29.9 Å². The lowest BCUT2D eigenvalue weighted by Gasteiger charge is -2.23. The smallest absolute Gasteiger partial charge is 0.125 e. The molecule has 0 saturated carbocycles. The van der Waals surface area contributed by atoms with Crippen LogP contribution in [0.2, 0.25) is 0 Å². The van der Waals surface area contributed by atoms with Gasteiger partial charge in [0.15, 0.2) is 0 Å². The Labute approximate surface area is 86.5 Å². The van der Waals surface area contributed by atoms with Crippen molar-refractivity contribution < 1.29 is 0 Å². The van der Waals surface area contributed by atoms with E-state index in [2.05, 4.69) is 51.1 Å². The molecule has 0 aliphatic carbocycles. The fourth-order valence-corrected chi connectivity index (χ4v) is 1.41. The van der Waals surface area contributed by atoms with Gasteiger partial charge in [-0.15, -0.1) is 0 Å². The van der Waals surface area contributed by atoms with Crippen LogP contribution in [-0.4, -0.2) is 15.8 Å². The number of hydrogen-bond acceptors (Lipinski definition) is 2. The molecule has 1 rings (SSSR count). The quantitative estimate of drug-likeness (QED) is 0.786. The second-order valence-corrected chi connectivity index (χ2v) is 5.05. The van der Waals surface area contributed by atoms with Gasteiger partial charge in [0, 0.05) is 12.1 Å². The number of anilines is 1. The highest BCUT2D eigenvalue weighted by molar-refractivity contribution is 5.38. The van der Waals surface area contributed by atoms with E-state index in [4.69, 9.17) is 0 Å². The molecule has 1 aromatic heterocycles. The van der Waals surface area contributed by atoms with Crippen LogP contribution in [0.5, 0.6) is 0 Å². The third-order valence-electron chi connectivity index (χ3n) is 1.90. The molecule has 0 aromatic carbocycles. The summed E-state index contributed by atoms with van der Waals surface area (Å²) in [6.45, 7) is 12.8. The van der Waals surface area contributed by atoms with Crippen LogP contribution in [0.3, 0.4) is 0 Å². The van der Waals surface area contributed by atoms with Gasteiger partial charge in [0.2, 0.25) is 0 Å². The van der Waals surface area contributed by atoms with Crippen LogP contribution in [0.4, 0.5) is 5.82 Å². The Balaban J connectivity index is 3.03. The molecule has 0 atom stereocenters. The molecule has 14 heavy (non-hydrogen) atoms. The second kappa shape index (κ2) is 3.64. The van der Waals surface area contributed by atoms with Gasteiger partial charge in [0.05, 0.1) is 11.2 Å². The molecule has 0 aliphatic heterocycles. The van der Waals surface area contributed by atoms with Crippen molar-refractivity contribution in [3.8, 4) is 0 Å². The minimum atomic E-state index is 0.0332. The number of rotatable bonds is 2. The fraction of sp³-hybridized carbons (Fsp3) is 0.727. The van der Waals surface area contributed by atoms with Gasteiger partial charge in [0.25, 0.3) is 0 Å². The lowest BCUT2D eigenvalue weighted by molar-refractivity contribution is 0.358. The van der Waals surface area contributed by atoms with E-state index < -0.39 is 0 Å². The molecule has 80 valence electrons. The van der Waals surface area contributed by atoms with E-state index in [-0.39, 0.29) is 5.54 Å². The molecular formula is C11H21N3. The first-order valence-electron chi connectivity index (χ1n) is 5.14. The van der Waals surface area contributed by atoms with Gasteiger partial charge in [0.1, 0.15) is 5.82 Å². The van der Waals surface area contributed by atoms with E-state index in [0.717, 1.165) is 11.5 Å². The molecule has 1 N–H and O–H groups in total. The fourth-order valence-electron chi connectivity index (χ4n) is 1.41. The van der Waals surface area contributed by atoms with Gasteiger partial charge in [-0.05, 0) is 41.5 Å². The number of hydrogen-bond donors (Lipinski definition) is 1. The van der Waals surface area contributed by atoms with Crippen LogP contribution >= 0.6 is 0 Å². The largest absolute Gasteiger partial charge is 0.368 e. The molecule has 0 bridgehead atoms. The predicted molar refractivity (Wildman–Crippen MR) is 60.7 cm³/mol. The van der Waals surface area contributed by atoms with Crippen molar-refractivity contribution in [1.29, 1.82) is 0 Å². The normalized spacial score (nSPS) is 12.2. The molecule has 0 amide bonds. The van der Waals surface area contributed by atoms with E-state index in [1.165, 1.54) is 0 Å². The van der Waals surface area contributed by atoms with E-state index in [1.54, 1.807) is 0 Å². The molecule has 0 radical (unpaired) electrons. The maximum atomic E-state index is 4.49. The molecule has 1 aromatic rings. The van der Waals surface area contributed by atoms with Crippen molar-refractivity contribution >= 4 is 5.82 Å². The van der Waals surface area contributed by atoms with Gasteiger partial charge in [-0.1, -0.05) is 0 Å². The maximum Gasteiger partial charge on any atom is 0.125 e. The van der Waals surface area contributed by atoms with Crippen LogP contribution in [-0.2, 0) is 5.54 Å². The molecule has 3 nitrogen and oxygen atoms in total. The average Bonchev–Trinajstić information content (AvgIpc) is 2.28. The summed E-state index contributed by atoms with van der Waals surface area (Å²) in [5, 5.41) is 7.89. The zero-order valence-electron chi connectivity index (χ0n) is 10.0. The van der Waals surface area contributed by atoms with Gasteiger partial charge >= 0.3 is 0 Å². The summed E-state index contributed by atoms with van der Waals surface area (Å²) >= 11 is 0. The summed E-state index contributed by atoms with van der Waals surface area (Å²) in [7, 11) is 0. The Bertz CT molecular complexity index is 305. The SMILES string of the molecule is Cc1cc(NC(C)C)n(C(C)(C)C)n1. The van der Waals surface area contributed by atoms with E-state index in [9.17, 15) is 0 Å². The molecule has 0 fully saturated rings. The highest BCUT2D eigenvalue weighted by Gasteiger charge is 2.18. The number of aryl methyl sites for hydroxylation is 1. The molecule has 3 heteroatoms. The average molecular weight is 195 g/mol. The molecule has 0 saturated heterocycles. The second-order valence-electron chi connectivity index (χ2n) is 5.05. The minimum Gasteiger partial charge on any atom is -0.368 e. The Kier molecular flexibility index (Phi) is 2.88. The molecule has 0 unspecified atom stereocenters. The predicted octanol–water partition coefficient (Wildman–Crippen LogP) is 2.77. The summed E-state index contributed by atoms with van der Waals surface area (Å²) in [5.74, 6) is 1.10. The van der Waals surface area contributed by atoms with Crippen LogP contribution in [0.15, 0.2) is 6.07 Å². The summed E-state index contributed by atoms with van der Waals surface area (Å²) in [4.78, 5) is 0. The molecule has 0 aliphatic rings. The lowest BCUT2D eigenvalue weighted by Crippen LogP contribution is -2.26. The summed E-state index contributed by atoms with van der Waals surface area (Å²) in [5.41, 5.74) is 1.09. The van der Waals surface area contributed by atoms with Gasteiger partial charge in [-0.25, -0.2) is 4.68 Å². The van der Waals surface area contributed by atoms with Crippen LogP contribution in [0.1, 0.15) is 40.3 Å². The molecular weight excluding hydrogens is 174 g/mol. The zero-order valence-corrected chi connectivity index (χ0v) is 10.0. The van der Waals surface area contributed by atoms with Crippen molar-refractivity contribution in [3.63, 3.8) is 0 Å². The zero-order chi connectivity index (χ0) is 10.9. The van der Waals surface area contributed by atoms with E-state index >= 15 is 0 Å². The van der Waals surface area contributed by atoms with Crippen molar-refractivity contribution in [3.05, 3.63) is 11.8 Å². The first kappa shape index (κ1) is 11.1.